The summed E-state index contributed by atoms with van der Waals surface area (Å²) in [6.45, 7) is 2.66. The maximum absolute atomic E-state index is 10.8. The van der Waals surface area contributed by atoms with Crippen molar-refractivity contribution in [3.63, 3.8) is 0 Å². The Balaban J connectivity index is 1.95. The standard InChI is InChI=1S/C13H16N2O4/c1-9(13(16)17)7-15(2)8-10-6-12(19-14-10)11-4-3-5-18-11/h3-6,9H,7-8H2,1-2H3,(H,16,17). The molecule has 0 aliphatic rings. The molecule has 2 aromatic heterocycles. The number of carboxylic acids is 1. The molecule has 2 rings (SSSR count). The van der Waals surface area contributed by atoms with E-state index in [2.05, 4.69) is 5.16 Å². The van der Waals surface area contributed by atoms with Gasteiger partial charge in [0.15, 0.2) is 5.76 Å². The minimum atomic E-state index is -0.803. The molecule has 6 heteroatoms. The Morgan fingerprint density at radius 3 is 2.95 bits per heavy atom. The quantitative estimate of drug-likeness (QED) is 0.860. The van der Waals surface area contributed by atoms with Crippen LogP contribution in [-0.2, 0) is 11.3 Å². The van der Waals surface area contributed by atoms with Crippen LogP contribution in [0.15, 0.2) is 33.4 Å². The van der Waals surface area contributed by atoms with Crippen molar-refractivity contribution in [2.24, 2.45) is 5.92 Å². The van der Waals surface area contributed by atoms with Crippen LogP contribution in [0.4, 0.5) is 0 Å². The molecule has 1 N–H and O–H groups in total. The van der Waals surface area contributed by atoms with Crippen LogP contribution in [0.1, 0.15) is 12.6 Å². The van der Waals surface area contributed by atoms with Crippen LogP contribution in [0.2, 0.25) is 0 Å². The lowest BCUT2D eigenvalue weighted by atomic mass is 10.2. The van der Waals surface area contributed by atoms with Crippen molar-refractivity contribution >= 4 is 5.97 Å². The summed E-state index contributed by atoms with van der Waals surface area (Å²) in [5, 5.41) is 12.8. The molecule has 19 heavy (non-hydrogen) atoms. The SMILES string of the molecule is CC(CN(C)Cc1cc(-c2ccco2)on1)C(=O)O. The van der Waals surface area contributed by atoms with Gasteiger partial charge in [-0.2, -0.15) is 0 Å². The second-order valence-electron chi connectivity index (χ2n) is 4.60. The zero-order valence-electron chi connectivity index (χ0n) is 10.9. The average molecular weight is 264 g/mol. The Kier molecular flexibility index (Phi) is 4.01. The lowest BCUT2D eigenvalue weighted by Crippen LogP contribution is -2.28. The molecule has 1 unspecified atom stereocenters. The van der Waals surface area contributed by atoms with Gasteiger partial charge in [0.25, 0.3) is 0 Å². The van der Waals surface area contributed by atoms with E-state index in [0.717, 1.165) is 5.69 Å². The zero-order chi connectivity index (χ0) is 13.8. The van der Waals surface area contributed by atoms with Gasteiger partial charge >= 0.3 is 5.97 Å². The van der Waals surface area contributed by atoms with Gasteiger partial charge in [-0.05, 0) is 19.2 Å². The van der Waals surface area contributed by atoms with Crippen LogP contribution >= 0.6 is 0 Å². The summed E-state index contributed by atoms with van der Waals surface area (Å²) in [5.74, 6) is -0.0234. The first-order valence-corrected chi connectivity index (χ1v) is 5.97. The normalized spacial score (nSPS) is 12.8. The topological polar surface area (TPSA) is 79.7 Å². The van der Waals surface area contributed by atoms with Crippen LogP contribution in [0.25, 0.3) is 11.5 Å². The lowest BCUT2D eigenvalue weighted by Gasteiger charge is -2.17. The lowest BCUT2D eigenvalue weighted by molar-refractivity contribution is -0.141. The van der Waals surface area contributed by atoms with Crippen LogP contribution < -0.4 is 0 Å². The molecule has 0 aliphatic carbocycles. The Bertz CT molecular complexity index is 533. The van der Waals surface area contributed by atoms with E-state index in [9.17, 15) is 4.79 Å². The van der Waals surface area contributed by atoms with Gasteiger partial charge in [0, 0.05) is 19.2 Å². The molecule has 0 amide bonds. The predicted octanol–water partition coefficient (Wildman–Crippen LogP) is 2.09. The van der Waals surface area contributed by atoms with Crippen LogP contribution in [0.5, 0.6) is 0 Å². The van der Waals surface area contributed by atoms with Gasteiger partial charge in [-0.1, -0.05) is 12.1 Å². The summed E-state index contributed by atoms with van der Waals surface area (Å²) in [4.78, 5) is 12.7. The molecule has 0 spiro atoms. The van der Waals surface area contributed by atoms with E-state index in [1.54, 1.807) is 31.4 Å². The van der Waals surface area contributed by atoms with E-state index in [-0.39, 0.29) is 0 Å². The Morgan fingerprint density at radius 2 is 2.32 bits per heavy atom. The smallest absolute Gasteiger partial charge is 0.307 e. The molecule has 102 valence electrons. The van der Waals surface area contributed by atoms with Crippen molar-refractivity contribution in [2.75, 3.05) is 13.6 Å². The second kappa shape index (κ2) is 5.71. The predicted molar refractivity (Wildman–Crippen MR) is 67.3 cm³/mol. The van der Waals surface area contributed by atoms with Gasteiger partial charge in [0.1, 0.15) is 0 Å². The van der Waals surface area contributed by atoms with Crippen LogP contribution in [-0.4, -0.2) is 34.7 Å². The molecule has 0 saturated heterocycles. The van der Waals surface area contributed by atoms with Crippen LogP contribution in [0.3, 0.4) is 0 Å². The first-order valence-electron chi connectivity index (χ1n) is 5.97. The van der Waals surface area contributed by atoms with Gasteiger partial charge in [0.05, 0.1) is 17.9 Å². The first kappa shape index (κ1) is 13.4. The summed E-state index contributed by atoms with van der Waals surface area (Å²) in [7, 11) is 1.85. The molecular weight excluding hydrogens is 248 g/mol. The largest absolute Gasteiger partial charge is 0.481 e. The summed E-state index contributed by atoms with van der Waals surface area (Å²) >= 11 is 0. The number of aliphatic carboxylic acids is 1. The molecule has 0 radical (unpaired) electrons. The molecular formula is C13H16N2O4. The van der Waals surface area contributed by atoms with Gasteiger partial charge in [-0.25, -0.2) is 0 Å². The zero-order valence-corrected chi connectivity index (χ0v) is 10.9. The number of hydrogen-bond acceptors (Lipinski definition) is 5. The van der Waals surface area contributed by atoms with Gasteiger partial charge in [0.2, 0.25) is 5.76 Å². The summed E-state index contributed by atoms with van der Waals surface area (Å²) in [6, 6.07) is 5.36. The highest BCUT2D eigenvalue weighted by Gasteiger charge is 2.15. The minimum absolute atomic E-state index is 0.415. The number of carboxylic acid groups (broad SMARTS) is 1. The maximum Gasteiger partial charge on any atom is 0.307 e. The van der Waals surface area contributed by atoms with E-state index in [4.69, 9.17) is 14.0 Å². The Morgan fingerprint density at radius 1 is 1.53 bits per heavy atom. The fourth-order valence-electron chi connectivity index (χ4n) is 1.81. The molecule has 0 fully saturated rings. The Labute approximate surface area is 110 Å². The second-order valence-corrected chi connectivity index (χ2v) is 4.60. The fraction of sp³-hybridized carbons (Fsp3) is 0.385. The number of furan rings is 1. The molecule has 6 nitrogen and oxygen atoms in total. The van der Waals surface area contributed by atoms with Crippen LogP contribution in [0, 0.1) is 5.92 Å². The molecule has 0 saturated carbocycles. The minimum Gasteiger partial charge on any atom is -0.481 e. The van der Waals surface area contributed by atoms with E-state index in [1.807, 2.05) is 11.9 Å². The number of carbonyl (C=O) groups is 1. The molecule has 2 heterocycles. The monoisotopic (exact) mass is 264 g/mol. The third-order valence-electron chi connectivity index (χ3n) is 2.76. The Hall–Kier alpha value is -2.08. The first-order chi connectivity index (χ1) is 9.06. The van der Waals surface area contributed by atoms with Crippen molar-refractivity contribution in [3.8, 4) is 11.5 Å². The summed E-state index contributed by atoms with van der Waals surface area (Å²) in [5.41, 5.74) is 0.742. The number of nitrogens with zero attached hydrogens (tertiary/aromatic N) is 2. The van der Waals surface area contributed by atoms with Crippen molar-refractivity contribution in [3.05, 3.63) is 30.2 Å². The summed E-state index contributed by atoms with van der Waals surface area (Å²) < 4.78 is 10.4. The maximum atomic E-state index is 10.8. The van der Waals surface area contributed by atoms with E-state index in [1.165, 1.54) is 0 Å². The van der Waals surface area contributed by atoms with Crippen molar-refractivity contribution in [1.82, 2.24) is 10.1 Å². The molecule has 0 bridgehead atoms. The third kappa shape index (κ3) is 3.45. The van der Waals surface area contributed by atoms with E-state index >= 15 is 0 Å². The van der Waals surface area contributed by atoms with Gasteiger partial charge in [-0.15, -0.1) is 0 Å². The van der Waals surface area contributed by atoms with Gasteiger partial charge in [-0.3, -0.25) is 9.69 Å². The van der Waals surface area contributed by atoms with Crippen molar-refractivity contribution < 1.29 is 18.8 Å². The van der Waals surface area contributed by atoms with Crippen molar-refractivity contribution in [1.29, 1.82) is 0 Å². The van der Waals surface area contributed by atoms with E-state index in [0.29, 0.717) is 24.6 Å². The average Bonchev–Trinajstić information content (AvgIpc) is 2.97. The fourth-order valence-corrected chi connectivity index (χ4v) is 1.81. The number of rotatable bonds is 6. The molecule has 0 aliphatic heterocycles. The highest BCUT2D eigenvalue weighted by Crippen LogP contribution is 2.21. The number of aromatic nitrogens is 1. The molecule has 2 aromatic rings. The molecule has 1 atom stereocenters. The highest BCUT2D eigenvalue weighted by molar-refractivity contribution is 5.69. The van der Waals surface area contributed by atoms with Crippen molar-refractivity contribution in [2.45, 2.75) is 13.5 Å². The third-order valence-corrected chi connectivity index (χ3v) is 2.76. The number of hydrogen-bond donors (Lipinski definition) is 1. The van der Waals surface area contributed by atoms with Gasteiger partial charge < -0.3 is 14.0 Å². The highest BCUT2D eigenvalue weighted by atomic mass is 16.5. The molecule has 0 aromatic carbocycles. The van der Waals surface area contributed by atoms with E-state index < -0.39 is 11.9 Å². The summed E-state index contributed by atoms with van der Waals surface area (Å²) in [6.07, 6.45) is 1.57.